The smallest absolute Gasteiger partial charge is 0.251 e. The molecule has 2 heterocycles. The summed E-state index contributed by atoms with van der Waals surface area (Å²) in [4.78, 5) is 17.0. The standard InChI is InChI=1S/C17H17N5O2/c23-12-7-11(8-12)16(14-3-1-2-6-18-14)19-17(24)10-4-5-13-15(9-10)21-22-20-13/h1-6,9,11-12,16,23H,7-8H2,(H,19,24)(H,20,21,22)/t11?,12?,16-/m1/s1. The normalized spacial score (nSPS) is 21.2. The van der Waals surface area contributed by atoms with Crippen molar-refractivity contribution in [1.29, 1.82) is 0 Å². The van der Waals surface area contributed by atoms with Crippen molar-refractivity contribution in [3.05, 3.63) is 53.9 Å². The molecule has 0 aliphatic heterocycles. The fraction of sp³-hybridized carbons (Fsp3) is 0.294. The largest absolute Gasteiger partial charge is 0.393 e. The highest BCUT2D eigenvalue weighted by Gasteiger charge is 2.36. The number of fused-ring (bicyclic) bond motifs is 1. The fourth-order valence-corrected chi connectivity index (χ4v) is 3.10. The lowest BCUT2D eigenvalue weighted by molar-refractivity contribution is 0.0228. The van der Waals surface area contributed by atoms with Crippen molar-refractivity contribution in [2.24, 2.45) is 5.92 Å². The molecule has 1 saturated carbocycles. The Labute approximate surface area is 138 Å². The number of hydrogen-bond donors (Lipinski definition) is 3. The summed E-state index contributed by atoms with van der Waals surface area (Å²) in [7, 11) is 0. The highest BCUT2D eigenvalue weighted by atomic mass is 16.3. The molecule has 1 aromatic carbocycles. The summed E-state index contributed by atoms with van der Waals surface area (Å²) in [6.45, 7) is 0. The van der Waals surface area contributed by atoms with E-state index in [0.29, 0.717) is 23.9 Å². The number of amides is 1. The molecule has 0 spiro atoms. The Morgan fingerprint density at radius 3 is 2.79 bits per heavy atom. The van der Waals surface area contributed by atoms with Gasteiger partial charge in [0.2, 0.25) is 0 Å². The zero-order valence-electron chi connectivity index (χ0n) is 12.9. The number of aliphatic hydroxyl groups excluding tert-OH is 1. The Hall–Kier alpha value is -2.80. The minimum absolute atomic E-state index is 0.183. The average Bonchev–Trinajstić information content (AvgIpc) is 3.05. The molecule has 4 rings (SSSR count). The number of benzene rings is 1. The Morgan fingerprint density at radius 2 is 2.04 bits per heavy atom. The number of aromatic amines is 1. The number of rotatable bonds is 4. The van der Waals surface area contributed by atoms with E-state index in [4.69, 9.17) is 0 Å². The van der Waals surface area contributed by atoms with Gasteiger partial charge in [0, 0.05) is 11.8 Å². The molecule has 7 nitrogen and oxygen atoms in total. The zero-order chi connectivity index (χ0) is 16.5. The van der Waals surface area contributed by atoms with Crippen molar-refractivity contribution in [1.82, 2.24) is 25.7 Å². The number of nitrogens with one attached hydrogen (secondary N) is 2. The molecule has 1 atom stereocenters. The highest BCUT2D eigenvalue weighted by molar-refractivity contribution is 5.97. The van der Waals surface area contributed by atoms with Gasteiger partial charge in [-0.2, -0.15) is 15.4 Å². The van der Waals surface area contributed by atoms with Crippen molar-refractivity contribution in [2.45, 2.75) is 25.0 Å². The molecule has 0 saturated heterocycles. The third kappa shape index (κ3) is 2.74. The summed E-state index contributed by atoms with van der Waals surface area (Å²) < 4.78 is 0. The van der Waals surface area contributed by atoms with Crippen molar-refractivity contribution < 1.29 is 9.90 Å². The van der Waals surface area contributed by atoms with Gasteiger partial charge < -0.3 is 10.4 Å². The summed E-state index contributed by atoms with van der Waals surface area (Å²) in [5, 5.41) is 23.2. The molecule has 1 aliphatic rings. The van der Waals surface area contributed by atoms with Gasteiger partial charge in [-0.15, -0.1) is 0 Å². The summed E-state index contributed by atoms with van der Waals surface area (Å²) in [5.41, 5.74) is 2.70. The highest BCUT2D eigenvalue weighted by Crippen LogP contribution is 2.37. The van der Waals surface area contributed by atoms with Crippen molar-refractivity contribution in [3.63, 3.8) is 0 Å². The Kier molecular flexibility index (Phi) is 3.70. The molecule has 122 valence electrons. The molecular formula is C17H17N5O2. The lowest BCUT2D eigenvalue weighted by atomic mass is 9.76. The molecule has 1 amide bonds. The Morgan fingerprint density at radius 1 is 1.21 bits per heavy atom. The van der Waals surface area contributed by atoms with Gasteiger partial charge in [0.05, 0.1) is 17.8 Å². The van der Waals surface area contributed by atoms with Crippen LogP contribution in [0.25, 0.3) is 11.0 Å². The molecular weight excluding hydrogens is 306 g/mol. The first-order chi connectivity index (χ1) is 11.7. The van der Waals surface area contributed by atoms with E-state index in [1.54, 1.807) is 24.4 Å². The molecule has 1 fully saturated rings. The first-order valence-corrected chi connectivity index (χ1v) is 7.91. The van der Waals surface area contributed by atoms with Crippen LogP contribution in [0.1, 0.15) is 34.9 Å². The lowest BCUT2D eigenvalue weighted by Crippen LogP contribution is -2.41. The van der Waals surface area contributed by atoms with E-state index in [-0.39, 0.29) is 24.0 Å². The van der Waals surface area contributed by atoms with Gasteiger partial charge in [-0.3, -0.25) is 9.78 Å². The van der Waals surface area contributed by atoms with Crippen molar-refractivity contribution in [2.75, 3.05) is 0 Å². The molecule has 3 aromatic rings. The lowest BCUT2D eigenvalue weighted by Gasteiger charge is -2.37. The number of carbonyl (C=O) groups excluding carboxylic acids is 1. The summed E-state index contributed by atoms with van der Waals surface area (Å²) in [6.07, 6.45) is 2.77. The number of carbonyl (C=O) groups is 1. The van der Waals surface area contributed by atoms with Crippen LogP contribution >= 0.6 is 0 Å². The first kappa shape index (κ1) is 14.8. The first-order valence-electron chi connectivity index (χ1n) is 7.91. The fourth-order valence-electron chi connectivity index (χ4n) is 3.10. The molecule has 2 aromatic heterocycles. The topological polar surface area (TPSA) is 104 Å². The Balaban J connectivity index is 1.58. The number of aliphatic hydroxyl groups is 1. The van der Waals surface area contributed by atoms with E-state index in [1.165, 1.54) is 0 Å². The molecule has 7 heteroatoms. The number of hydrogen-bond acceptors (Lipinski definition) is 5. The van der Waals surface area contributed by atoms with E-state index in [2.05, 4.69) is 25.7 Å². The average molecular weight is 323 g/mol. The minimum atomic E-state index is -0.287. The zero-order valence-corrected chi connectivity index (χ0v) is 12.9. The number of H-pyrrole nitrogens is 1. The number of aromatic nitrogens is 4. The van der Waals surface area contributed by atoms with Crippen LogP contribution in [0.4, 0.5) is 0 Å². The van der Waals surface area contributed by atoms with Gasteiger partial charge in [-0.25, -0.2) is 0 Å². The summed E-state index contributed by atoms with van der Waals surface area (Å²) >= 11 is 0. The van der Waals surface area contributed by atoms with Crippen LogP contribution in [0.3, 0.4) is 0 Å². The van der Waals surface area contributed by atoms with Crippen LogP contribution in [-0.2, 0) is 0 Å². The minimum Gasteiger partial charge on any atom is -0.393 e. The SMILES string of the molecule is O=C(N[C@@H](c1ccccn1)C1CC(O)C1)c1ccc2n[nH]nc2c1. The van der Waals surface area contributed by atoms with Crippen molar-refractivity contribution in [3.8, 4) is 0 Å². The predicted octanol–water partition coefficient (Wildman–Crippen LogP) is 1.59. The van der Waals surface area contributed by atoms with Crippen LogP contribution < -0.4 is 5.32 Å². The van der Waals surface area contributed by atoms with E-state index < -0.39 is 0 Å². The van der Waals surface area contributed by atoms with E-state index in [1.807, 2.05) is 18.2 Å². The molecule has 1 aliphatic carbocycles. The summed E-state index contributed by atoms with van der Waals surface area (Å²) in [5.74, 6) is 0.00609. The second-order valence-electron chi connectivity index (χ2n) is 6.12. The van der Waals surface area contributed by atoms with Gasteiger partial charge in [0.15, 0.2) is 0 Å². The van der Waals surface area contributed by atoms with Crippen LogP contribution in [0.5, 0.6) is 0 Å². The molecule has 3 N–H and O–H groups in total. The second-order valence-corrected chi connectivity index (χ2v) is 6.12. The molecule has 24 heavy (non-hydrogen) atoms. The Bertz CT molecular complexity index is 858. The van der Waals surface area contributed by atoms with E-state index in [9.17, 15) is 9.90 Å². The third-order valence-electron chi connectivity index (χ3n) is 4.49. The molecule has 0 unspecified atom stereocenters. The number of nitrogens with zero attached hydrogens (tertiary/aromatic N) is 3. The maximum atomic E-state index is 12.7. The quantitative estimate of drug-likeness (QED) is 0.676. The van der Waals surface area contributed by atoms with Crippen LogP contribution in [-0.4, -0.2) is 37.5 Å². The monoisotopic (exact) mass is 323 g/mol. The molecule has 0 bridgehead atoms. The van der Waals surface area contributed by atoms with Gasteiger partial charge in [-0.05, 0) is 49.1 Å². The van der Waals surface area contributed by atoms with Gasteiger partial charge >= 0.3 is 0 Å². The van der Waals surface area contributed by atoms with Gasteiger partial charge in [0.25, 0.3) is 5.91 Å². The van der Waals surface area contributed by atoms with Crippen LogP contribution in [0.2, 0.25) is 0 Å². The second kappa shape index (κ2) is 6.01. The summed E-state index contributed by atoms with van der Waals surface area (Å²) in [6, 6.07) is 10.6. The van der Waals surface area contributed by atoms with Crippen LogP contribution in [0, 0.1) is 5.92 Å². The van der Waals surface area contributed by atoms with E-state index in [0.717, 1.165) is 11.2 Å². The third-order valence-corrected chi connectivity index (χ3v) is 4.49. The van der Waals surface area contributed by atoms with Gasteiger partial charge in [0.1, 0.15) is 11.0 Å². The predicted molar refractivity (Wildman–Crippen MR) is 87.1 cm³/mol. The molecule has 0 radical (unpaired) electrons. The van der Waals surface area contributed by atoms with Gasteiger partial charge in [-0.1, -0.05) is 6.07 Å². The van der Waals surface area contributed by atoms with Crippen LogP contribution in [0.15, 0.2) is 42.6 Å². The van der Waals surface area contributed by atoms with Crippen molar-refractivity contribution >= 4 is 16.9 Å². The maximum Gasteiger partial charge on any atom is 0.251 e. The maximum absolute atomic E-state index is 12.7. The number of pyridine rings is 1. The van der Waals surface area contributed by atoms with E-state index >= 15 is 0 Å².